The Morgan fingerprint density at radius 3 is 2.57 bits per heavy atom. The summed E-state index contributed by atoms with van der Waals surface area (Å²) in [7, 11) is 3.14. The maximum atomic E-state index is 5.99. The molecular formula is C19H15ClN4O4. The first-order valence-electron chi connectivity index (χ1n) is 8.29. The Morgan fingerprint density at radius 2 is 1.79 bits per heavy atom. The van der Waals surface area contributed by atoms with Gasteiger partial charge in [0.2, 0.25) is 23.5 Å². The monoisotopic (exact) mass is 398 g/mol. The molecule has 2 aromatic heterocycles. The molecule has 0 aliphatic rings. The third kappa shape index (κ3) is 3.67. The molecule has 2 heterocycles. The minimum absolute atomic E-state index is 0.216. The van der Waals surface area contributed by atoms with Crippen molar-refractivity contribution in [3.63, 3.8) is 0 Å². The van der Waals surface area contributed by atoms with Crippen LogP contribution in [0.3, 0.4) is 0 Å². The van der Waals surface area contributed by atoms with E-state index in [9.17, 15) is 0 Å². The van der Waals surface area contributed by atoms with Crippen LogP contribution in [0.4, 0.5) is 0 Å². The van der Waals surface area contributed by atoms with E-state index in [4.69, 9.17) is 30.0 Å². The fourth-order valence-corrected chi connectivity index (χ4v) is 2.80. The Bertz CT molecular complexity index is 1110. The number of ether oxygens (including phenoxy) is 2. The van der Waals surface area contributed by atoms with Crippen LogP contribution >= 0.6 is 11.6 Å². The van der Waals surface area contributed by atoms with Crippen LogP contribution < -0.4 is 9.47 Å². The Kier molecular flexibility index (Phi) is 4.94. The van der Waals surface area contributed by atoms with Gasteiger partial charge < -0.3 is 18.4 Å². The summed E-state index contributed by atoms with van der Waals surface area (Å²) in [5.41, 5.74) is 1.47. The van der Waals surface area contributed by atoms with Gasteiger partial charge in [0.25, 0.3) is 0 Å². The summed E-state index contributed by atoms with van der Waals surface area (Å²) >= 11 is 5.99. The molecule has 0 saturated heterocycles. The standard InChI is InChI=1S/C19H15ClN4O4/c1-25-14-7-6-11(9-15(14)26-2)18-21-16(28-24-18)10-17-22-23-19(27-17)12-4-3-5-13(20)8-12/h3-9H,10H2,1-2H3. The maximum absolute atomic E-state index is 5.99. The summed E-state index contributed by atoms with van der Waals surface area (Å²) in [6, 6.07) is 12.5. The zero-order valence-corrected chi connectivity index (χ0v) is 15.8. The average Bonchev–Trinajstić information content (AvgIpc) is 3.37. The predicted octanol–water partition coefficient (Wildman–Crippen LogP) is 4.05. The third-order valence-electron chi connectivity index (χ3n) is 3.95. The number of rotatable bonds is 6. The Balaban J connectivity index is 1.53. The molecule has 0 saturated carbocycles. The molecule has 0 unspecified atom stereocenters. The van der Waals surface area contributed by atoms with Crippen LogP contribution in [-0.4, -0.2) is 34.6 Å². The number of hydrogen-bond donors (Lipinski definition) is 0. The second kappa shape index (κ2) is 7.69. The number of hydrogen-bond acceptors (Lipinski definition) is 8. The van der Waals surface area contributed by atoms with E-state index < -0.39 is 0 Å². The minimum atomic E-state index is 0.216. The van der Waals surface area contributed by atoms with Gasteiger partial charge in [-0.1, -0.05) is 22.8 Å². The normalized spacial score (nSPS) is 10.8. The first-order valence-corrected chi connectivity index (χ1v) is 8.67. The van der Waals surface area contributed by atoms with Crippen LogP contribution in [0.15, 0.2) is 51.4 Å². The topological polar surface area (TPSA) is 96.3 Å². The van der Waals surface area contributed by atoms with Crippen molar-refractivity contribution in [2.45, 2.75) is 6.42 Å². The summed E-state index contributed by atoms with van der Waals surface area (Å²) in [6.07, 6.45) is 0.216. The maximum Gasteiger partial charge on any atom is 0.247 e. The van der Waals surface area contributed by atoms with E-state index in [0.29, 0.717) is 40.0 Å². The lowest BCUT2D eigenvalue weighted by atomic mass is 10.2. The molecule has 0 N–H and O–H groups in total. The van der Waals surface area contributed by atoms with Crippen molar-refractivity contribution < 1.29 is 18.4 Å². The molecule has 4 aromatic rings. The molecule has 142 valence electrons. The van der Waals surface area contributed by atoms with Gasteiger partial charge in [-0.2, -0.15) is 4.98 Å². The minimum Gasteiger partial charge on any atom is -0.493 e. The quantitative estimate of drug-likeness (QED) is 0.480. The number of halogens is 1. The Labute approximate surface area is 165 Å². The number of nitrogens with zero attached hydrogens (tertiary/aromatic N) is 4. The van der Waals surface area contributed by atoms with Gasteiger partial charge in [0.05, 0.1) is 14.2 Å². The molecule has 0 amide bonds. The lowest BCUT2D eigenvalue weighted by Crippen LogP contribution is -1.92. The molecule has 4 rings (SSSR count). The van der Waals surface area contributed by atoms with E-state index in [-0.39, 0.29) is 6.42 Å². The molecule has 0 aliphatic carbocycles. The molecular weight excluding hydrogens is 384 g/mol. The summed E-state index contributed by atoms with van der Waals surface area (Å²) in [5.74, 6) is 2.70. The van der Waals surface area contributed by atoms with Gasteiger partial charge in [-0.15, -0.1) is 10.2 Å². The highest BCUT2D eigenvalue weighted by Gasteiger charge is 2.16. The number of methoxy groups -OCH3 is 2. The summed E-state index contributed by atoms with van der Waals surface area (Å²) < 4.78 is 21.5. The number of aromatic nitrogens is 4. The van der Waals surface area contributed by atoms with Crippen molar-refractivity contribution in [1.82, 2.24) is 20.3 Å². The smallest absolute Gasteiger partial charge is 0.247 e. The van der Waals surface area contributed by atoms with Crippen LogP contribution in [0.25, 0.3) is 22.8 Å². The molecule has 9 heteroatoms. The zero-order valence-electron chi connectivity index (χ0n) is 15.0. The van der Waals surface area contributed by atoms with E-state index in [1.165, 1.54) is 0 Å². The average molecular weight is 399 g/mol. The molecule has 0 spiro atoms. The molecule has 0 aliphatic heterocycles. The highest BCUT2D eigenvalue weighted by molar-refractivity contribution is 6.30. The van der Waals surface area contributed by atoms with Crippen LogP contribution in [0.5, 0.6) is 11.5 Å². The van der Waals surface area contributed by atoms with Gasteiger partial charge in [0.1, 0.15) is 6.42 Å². The van der Waals surface area contributed by atoms with Crippen molar-refractivity contribution in [2.24, 2.45) is 0 Å². The molecule has 0 bridgehead atoms. The van der Waals surface area contributed by atoms with Crippen LogP contribution in [0, 0.1) is 0 Å². The molecule has 28 heavy (non-hydrogen) atoms. The predicted molar refractivity (Wildman–Crippen MR) is 100 cm³/mol. The molecule has 0 fully saturated rings. The van der Waals surface area contributed by atoms with E-state index in [1.54, 1.807) is 38.5 Å². The fourth-order valence-electron chi connectivity index (χ4n) is 2.61. The summed E-state index contributed by atoms with van der Waals surface area (Å²) in [4.78, 5) is 4.38. The van der Waals surface area contributed by atoms with E-state index >= 15 is 0 Å². The molecule has 8 nitrogen and oxygen atoms in total. The second-order valence-electron chi connectivity index (χ2n) is 5.77. The first kappa shape index (κ1) is 18.0. The van der Waals surface area contributed by atoms with Gasteiger partial charge >= 0.3 is 0 Å². The third-order valence-corrected chi connectivity index (χ3v) is 4.19. The fraction of sp³-hybridized carbons (Fsp3) is 0.158. The number of benzene rings is 2. The summed E-state index contributed by atoms with van der Waals surface area (Å²) in [6.45, 7) is 0. The van der Waals surface area contributed by atoms with Crippen LogP contribution in [0.1, 0.15) is 11.8 Å². The Hall–Kier alpha value is -3.39. The van der Waals surface area contributed by atoms with Crippen molar-refractivity contribution >= 4 is 11.6 Å². The molecule has 0 atom stereocenters. The van der Waals surface area contributed by atoms with E-state index in [1.807, 2.05) is 18.2 Å². The van der Waals surface area contributed by atoms with Crippen molar-refractivity contribution in [3.8, 4) is 34.3 Å². The highest BCUT2D eigenvalue weighted by Crippen LogP contribution is 2.31. The van der Waals surface area contributed by atoms with E-state index in [0.717, 1.165) is 11.1 Å². The van der Waals surface area contributed by atoms with Gasteiger partial charge in [0.15, 0.2) is 11.5 Å². The van der Waals surface area contributed by atoms with Crippen LogP contribution in [-0.2, 0) is 6.42 Å². The van der Waals surface area contributed by atoms with Gasteiger partial charge in [-0.05, 0) is 36.4 Å². The van der Waals surface area contributed by atoms with Crippen molar-refractivity contribution in [1.29, 1.82) is 0 Å². The van der Waals surface area contributed by atoms with Gasteiger partial charge in [-0.3, -0.25) is 0 Å². The highest BCUT2D eigenvalue weighted by atomic mass is 35.5. The van der Waals surface area contributed by atoms with Crippen molar-refractivity contribution in [2.75, 3.05) is 14.2 Å². The van der Waals surface area contributed by atoms with Crippen LogP contribution in [0.2, 0.25) is 5.02 Å². The summed E-state index contributed by atoms with van der Waals surface area (Å²) in [5, 5.41) is 12.7. The zero-order chi connectivity index (χ0) is 19.5. The van der Waals surface area contributed by atoms with Gasteiger partial charge in [0, 0.05) is 16.1 Å². The second-order valence-corrected chi connectivity index (χ2v) is 6.21. The molecule has 0 radical (unpaired) electrons. The lowest BCUT2D eigenvalue weighted by Gasteiger charge is -2.07. The van der Waals surface area contributed by atoms with E-state index in [2.05, 4.69) is 20.3 Å². The lowest BCUT2D eigenvalue weighted by molar-refractivity contribution is 0.355. The largest absolute Gasteiger partial charge is 0.493 e. The van der Waals surface area contributed by atoms with Gasteiger partial charge in [-0.25, -0.2) is 0 Å². The first-order chi connectivity index (χ1) is 13.7. The molecule has 2 aromatic carbocycles. The SMILES string of the molecule is COc1ccc(-c2noc(Cc3nnc(-c4cccc(Cl)c4)o3)n2)cc1OC. The van der Waals surface area contributed by atoms with Crippen molar-refractivity contribution in [3.05, 3.63) is 59.3 Å². The Morgan fingerprint density at radius 1 is 0.929 bits per heavy atom.